The van der Waals surface area contributed by atoms with E-state index >= 15 is 0 Å². The summed E-state index contributed by atoms with van der Waals surface area (Å²) in [6.45, 7) is 2.11. The van der Waals surface area contributed by atoms with Crippen molar-refractivity contribution < 1.29 is 9.53 Å². The monoisotopic (exact) mass is 308 g/mol. The number of carbonyl (C=O) groups is 1. The molecule has 2 aromatic rings. The quantitative estimate of drug-likeness (QED) is 0.946. The van der Waals surface area contributed by atoms with E-state index in [4.69, 9.17) is 4.74 Å². The highest BCUT2D eigenvalue weighted by molar-refractivity contribution is 5.98. The highest BCUT2D eigenvalue weighted by Crippen LogP contribution is 2.31. The number of benzene rings is 2. The molecule has 0 spiro atoms. The summed E-state index contributed by atoms with van der Waals surface area (Å²) in [6.07, 6.45) is 2.61. The van der Waals surface area contributed by atoms with Gasteiger partial charge >= 0.3 is 0 Å². The zero-order valence-electron chi connectivity index (χ0n) is 13.0. The second-order valence-corrected chi connectivity index (χ2v) is 6.12. The van der Waals surface area contributed by atoms with Crippen LogP contribution in [0, 0.1) is 0 Å². The number of hydrogen-bond acceptors (Lipinski definition) is 3. The number of fused-ring (bicyclic) bond motifs is 1. The van der Waals surface area contributed by atoms with Crippen molar-refractivity contribution >= 4 is 17.3 Å². The summed E-state index contributed by atoms with van der Waals surface area (Å²) in [5, 5.41) is 3.06. The molecule has 1 saturated heterocycles. The molecular weight excluding hydrogens is 288 g/mol. The van der Waals surface area contributed by atoms with Crippen molar-refractivity contribution in [3.8, 4) is 5.75 Å². The van der Waals surface area contributed by atoms with Crippen LogP contribution in [-0.2, 0) is 11.2 Å². The summed E-state index contributed by atoms with van der Waals surface area (Å²) in [6, 6.07) is 15.9. The lowest BCUT2D eigenvalue weighted by Gasteiger charge is -2.22. The molecule has 118 valence electrons. The molecule has 0 aromatic heterocycles. The summed E-state index contributed by atoms with van der Waals surface area (Å²) >= 11 is 0. The topological polar surface area (TPSA) is 41.6 Å². The van der Waals surface area contributed by atoms with Crippen molar-refractivity contribution in [1.82, 2.24) is 0 Å². The Morgan fingerprint density at radius 1 is 1.04 bits per heavy atom. The van der Waals surface area contributed by atoms with E-state index in [1.807, 2.05) is 42.5 Å². The molecule has 4 nitrogen and oxygen atoms in total. The zero-order chi connectivity index (χ0) is 15.6. The van der Waals surface area contributed by atoms with Crippen LogP contribution in [0.3, 0.4) is 0 Å². The van der Waals surface area contributed by atoms with Crippen molar-refractivity contribution in [2.75, 3.05) is 23.3 Å². The summed E-state index contributed by atoms with van der Waals surface area (Å²) in [5.74, 6) is 0.744. The second kappa shape index (κ2) is 5.95. The zero-order valence-corrected chi connectivity index (χ0v) is 13.0. The maximum atomic E-state index is 12.6. The predicted octanol–water partition coefficient (Wildman–Crippen LogP) is 3.23. The molecule has 1 fully saturated rings. The third kappa shape index (κ3) is 2.77. The van der Waals surface area contributed by atoms with Gasteiger partial charge in [-0.2, -0.15) is 0 Å². The van der Waals surface area contributed by atoms with E-state index in [0.29, 0.717) is 6.42 Å². The van der Waals surface area contributed by atoms with Crippen molar-refractivity contribution in [1.29, 1.82) is 0 Å². The lowest BCUT2D eigenvalue weighted by Crippen LogP contribution is -2.32. The smallest absolute Gasteiger partial charge is 0.265 e. The Labute approximate surface area is 136 Å². The van der Waals surface area contributed by atoms with Gasteiger partial charge in [-0.1, -0.05) is 30.3 Å². The van der Waals surface area contributed by atoms with Crippen LogP contribution < -0.4 is 15.0 Å². The van der Waals surface area contributed by atoms with Crippen LogP contribution in [0.2, 0.25) is 0 Å². The average Bonchev–Trinajstić information content (AvgIpc) is 3.25. The minimum Gasteiger partial charge on any atom is -0.480 e. The highest BCUT2D eigenvalue weighted by atomic mass is 16.5. The molecule has 2 aromatic carbocycles. The van der Waals surface area contributed by atoms with E-state index in [0.717, 1.165) is 35.8 Å². The minimum atomic E-state index is -0.445. The van der Waals surface area contributed by atoms with Crippen LogP contribution in [0.1, 0.15) is 18.4 Å². The van der Waals surface area contributed by atoms with Crippen molar-refractivity contribution in [3.05, 3.63) is 54.1 Å². The van der Waals surface area contributed by atoms with Gasteiger partial charge in [0.15, 0.2) is 6.10 Å². The molecule has 1 N–H and O–H groups in total. The van der Waals surface area contributed by atoms with E-state index in [9.17, 15) is 4.79 Å². The molecule has 2 aliphatic heterocycles. The maximum absolute atomic E-state index is 12.6. The molecule has 2 heterocycles. The average molecular weight is 308 g/mol. The van der Waals surface area contributed by atoms with E-state index in [-0.39, 0.29) is 5.91 Å². The molecule has 0 saturated carbocycles. The number of para-hydroxylation sites is 3. The number of carbonyl (C=O) groups excluding carboxylic acids is 1. The van der Waals surface area contributed by atoms with Crippen molar-refractivity contribution in [2.24, 2.45) is 0 Å². The Hall–Kier alpha value is -2.49. The lowest BCUT2D eigenvalue weighted by molar-refractivity contribution is -0.122. The maximum Gasteiger partial charge on any atom is 0.265 e. The minimum absolute atomic E-state index is 0.0761. The fraction of sp³-hybridized carbons (Fsp3) is 0.316. The van der Waals surface area contributed by atoms with Gasteiger partial charge in [0.1, 0.15) is 5.75 Å². The van der Waals surface area contributed by atoms with Crippen LogP contribution in [0.15, 0.2) is 48.5 Å². The second-order valence-electron chi connectivity index (χ2n) is 6.12. The van der Waals surface area contributed by atoms with Crippen LogP contribution in [-0.4, -0.2) is 25.1 Å². The molecule has 0 aliphatic carbocycles. The number of anilines is 2. The lowest BCUT2D eigenvalue weighted by atomic mass is 10.1. The van der Waals surface area contributed by atoms with E-state index in [1.165, 1.54) is 12.8 Å². The van der Waals surface area contributed by atoms with Crippen LogP contribution in [0.25, 0.3) is 0 Å². The predicted molar refractivity (Wildman–Crippen MR) is 91.1 cm³/mol. The van der Waals surface area contributed by atoms with Gasteiger partial charge in [0, 0.05) is 19.5 Å². The summed E-state index contributed by atoms with van der Waals surface area (Å²) in [4.78, 5) is 14.9. The van der Waals surface area contributed by atoms with Gasteiger partial charge in [0.05, 0.1) is 11.4 Å². The van der Waals surface area contributed by atoms with Gasteiger partial charge in [0.25, 0.3) is 5.91 Å². The van der Waals surface area contributed by atoms with Gasteiger partial charge in [0.2, 0.25) is 0 Å². The molecule has 23 heavy (non-hydrogen) atoms. The van der Waals surface area contributed by atoms with E-state index in [2.05, 4.69) is 16.3 Å². The van der Waals surface area contributed by atoms with Gasteiger partial charge in [-0.25, -0.2) is 0 Å². The molecule has 1 amide bonds. The SMILES string of the molecule is O=C(Nc1ccccc1N1CCCC1)[C@H]1Cc2ccccc2O1. The molecule has 4 rings (SSSR count). The van der Waals surface area contributed by atoms with Crippen LogP contribution in [0.5, 0.6) is 5.75 Å². The summed E-state index contributed by atoms with van der Waals surface area (Å²) in [5.41, 5.74) is 3.08. The molecule has 4 heteroatoms. The number of hydrogen-bond donors (Lipinski definition) is 1. The molecule has 2 aliphatic rings. The van der Waals surface area contributed by atoms with Crippen LogP contribution in [0.4, 0.5) is 11.4 Å². The van der Waals surface area contributed by atoms with E-state index < -0.39 is 6.10 Å². The van der Waals surface area contributed by atoms with E-state index in [1.54, 1.807) is 0 Å². The Morgan fingerprint density at radius 2 is 1.78 bits per heavy atom. The molecule has 0 bridgehead atoms. The normalized spacial score (nSPS) is 19.3. The highest BCUT2D eigenvalue weighted by Gasteiger charge is 2.29. The first kappa shape index (κ1) is 14.1. The first-order valence-electron chi connectivity index (χ1n) is 8.21. The van der Waals surface area contributed by atoms with Gasteiger partial charge in [-0.05, 0) is 36.6 Å². The standard InChI is InChI=1S/C19H20N2O2/c22-19(18-13-14-7-1-4-10-17(14)23-18)20-15-8-2-3-9-16(15)21-11-5-6-12-21/h1-4,7-10,18H,5-6,11-13H2,(H,20,22)/t18-/m1/s1. The number of nitrogens with one attached hydrogen (secondary N) is 1. The first-order chi connectivity index (χ1) is 11.3. The number of rotatable bonds is 3. The number of amides is 1. The molecular formula is C19H20N2O2. The molecule has 1 atom stereocenters. The summed E-state index contributed by atoms with van der Waals surface area (Å²) in [7, 11) is 0. The largest absolute Gasteiger partial charge is 0.480 e. The molecule has 0 radical (unpaired) electrons. The molecule has 0 unspecified atom stereocenters. The van der Waals surface area contributed by atoms with Gasteiger partial charge in [-0.3, -0.25) is 4.79 Å². The Bertz CT molecular complexity index is 698. The van der Waals surface area contributed by atoms with Crippen molar-refractivity contribution in [2.45, 2.75) is 25.4 Å². The first-order valence-corrected chi connectivity index (χ1v) is 8.21. The van der Waals surface area contributed by atoms with Crippen molar-refractivity contribution in [3.63, 3.8) is 0 Å². The summed E-state index contributed by atoms with van der Waals surface area (Å²) < 4.78 is 5.78. The van der Waals surface area contributed by atoms with Crippen LogP contribution >= 0.6 is 0 Å². The van der Waals surface area contributed by atoms with Gasteiger partial charge in [-0.15, -0.1) is 0 Å². The third-order valence-corrected chi connectivity index (χ3v) is 4.55. The fourth-order valence-corrected chi connectivity index (χ4v) is 3.35. The Balaban J connectivity index is 1.50. The third-order valence-electron chi connectivity index (χ3n) is 4.55. The number of ether oxygens (including phenoxy) is 1. The fourth-order valence-electron chi connectivity index (χ4n) is 3.35. The Morgan fingerprint density at radius 3 is 2.61 bits per heavy atom. The number of nitrogens with zero attached hydrogens (tertiary/aromatic N) is 1. The van der Waals surface area contributed by atoms with Gasteiger partial charge < -0.3 is 15.0 Å². The Kier molecular flexibility index (Phi) is 3.66.